The maximum atomic E-state index is 13.6. The van der Waals surface area contributed by atoms with Crippen LogP contribution in [-0.4, -0.2) is 56.2 Å². The molecule has 3 aromatic rings. The highest BCUT2D eigenvalue weighted by atomic mass is 35.5. The fourth-order valence-electron chi connectivity index (χ4n) is 5.27. The fraction of sp³-hybridized carbons (Fsp3) is 0.407. The molecule has 1 spiro atoms. The quantitative estimate of drug-likeness (QED) is 0.236. The van der Waals surface area contributed by atoms with Gasteiger partial charge in [-0.1, -0.05) is 48.9 Å². The van der Waals surface area contributed by atoms with Crippen molar-refractivity contribution in [2.45, 2.75) is 42.7 Å². The molecule has 1 atom stereocenters. The lowest BCUT2D eigenvalue weighted by molar-refractivity contribution is 0.00456. The van der Waals surface area contributed by atoms with Gasteiger partial charge in [0.05, 0.1) is 30.0 Å². The molecule has 0 saturated carbocycles. The first-order valence-electron chi connectivity index (χ1n) is 12.9. The third kappa shape index (κ3) is 5.17. The van der Waals surface area contributed by atoms with Crippen molar-refractivity contribution in [1.29, 1.82) is 0 Å². The lowest BCUT2D eigenvalue weighted by Gasteiger charge is -2.44. The summed E-state index contributed by atoms with van der Waals surface area (Å²) in [5, 5.41) is 20.3. The zero-order chi connectivity index (χ0) is 27.8. The first-order valence-corrected chi connectivity index (χ1v) is 14.7. The minimum absolute atomic E-state index is 0.0429. The Bertz CT molecular complexity index is 1520. The molecule has 2 fully saturated rings. The smallest absolute Gasteiger partial charge is 0.253 e. The molecule has 2 aliphatic rings. The molecule has 0 aromatic heterocycles. The number of nitrogens with zero attached hydrogens (tertiary/aromatic N) is 1. The maximum absolute atomic E-state index is 13.6. The number of anilines is 3. The van der Waals surface area contributed by atoms with Crippen LogP contribution >= 0.6 is 11.6 Å². The third-order valence-corrected chi connectivity index (χ3v) is 9.99. The van der Waals surface area contributed by atoms with Crippen LogP contribution in [0.5, 0.6) is 5.75 Å². The van der Waals surface area contributed by atoms with Crippen molar-refractivity contribution < 1.29 is 18.3 Å². The van der Waals surface area contributed by atoms with Gasteiger partial charge < -0.3 is 25.8 Å². The van der Waals surface area contributed by atoms with E-state index in [1.54, 1.807) is 0 Å². The lowest BCUT2D eigenvalue weighted by atomic mass is 9.88. The first kappa shape index (κ1) is 27.6. The van der Waals surface area contributed by atoms with Crippen LogP contribution in [0.15, 0.2) is 56.9 Å². The molecule has 5 rings (SSSR count). The molecule has 4 N–H and O–H groups in total. The van der Waals surface area contributed by atoms with Crippen LogP contribution in [0.25, 0.3) is 0 Å². The summed E-state index contributed by atoms with van der Waals surface area (Å²) in [7, 11) is -4.16. The maximum Gasteiger partial charge on any atom is 0.253 e. The number of hydrogen-bond donors (Lipinski definition) is 4. The van der Waals surface area contributed by atoms with Gasteiger partial charge in [0.2, 0.25) is 10.0 Å². The predicted molar refractivity (Wildman–Crippen MR) is 150 cm³/mol. The molecule has 10 nitrogen and oxygen atoms in total. The van der Waals surface area contributed by atoms with Gasteiger partial charge in [0.15, 0.2) is 5.75 Å². The molecule has 3 aromatic carbocycles. The minimum atomic E-state index is -4.16. The Morgan fingerprint density at radius 1 is 1.10 bits per heavy atom. The zero-order valence-electron chi connectivity index (χ0n) is 21.5. The molecule has 1 unspecified atom stereocenters. The van der Waals surface area contributed by atoms with E-state index in [-0.39, 0.29) is 46.8 Å². The third-order valence-electron chi connectivity index (χ3n) is 7.58. The number of ether oxygens (including phenoxy) is 1. The number of sulfonamides is 1. The number of phenols is 1. The van der Waals surface area contributed by atoms with Gasteiger partial charge in [0.1, 0.15) is 16.3 Å². The number of morpholine rings is 1. The molecule has 208 valence electrons. The van der Waals surface area contributed by atoms with E-state index in [9.17, 15) is 23.1 Å². The lowest BCUT2D eigenvalue weighted by Crippen LogP contribution is -2.60. The number of halogens is 1. The summed E-state index contributed by atoms with van der Waals surface area (Å²) >= 11 is 6.30. The second-order valence-electron chi connectivity index (χ2n) is 9.99. The summed E-state index contributed by atoms with van der Waals surface area (Å²) in [6.07, 6.45) is 1.76. The van der Waals surface area contributed by atoms with Crippen molar-refractivity contribution in [2.24, 2.45) is 0 Å². The highest BCUT2D eigenvalue weighted by Gasteiger charge is 2.41. The Morgan fingerprint density at radius 2 is 1.79 bits per heavy atom. The van der Waals surface area contributed by atoms with E-state index in [0.717, 1.165) is 5.56 Å². The van der Waals surface area contributed by atoms with Crippen molar-refractivity contribution in [2.75, 3.05) is 43.5 Å². The Kier molecular flexibility index (Phi) is 7.71. The van der Waals surface area contributed by atoms with Crippen LogP contribution in [0, 0.1) is 0 Å². The zero-order valence-corrected chi connectivity index (χ0v) is 23.1. The van der Waals surface area contributed by atoms with Gasteiger partial charge >= 0.3 is 0 Å². The molecular formula is C27H31ClN4O6S. The number of nitrogens with one attached hydrogen (secondary N) is 3. The summed E-state index contributed by atoms with van der Waals surface area (Å²) in [6, 6.07) is 12.0. The van der Waals surface area contributed by atoms with Gasteiger partial charge in [0.25, 0.3) is 10.9 Å². The van der Waals surface area contributed by atoms with E-state index in [1.165, 1.54) is 16.4 Å². The summed E-state index contributed by atoms with van der Waals surface area (Å²) in [4.78, 5) is 24.5. The van der Waals surface area contributed by atoms with Crippen LogP contribution in [0.4, 0.5) is 17.1 Å². The number of hydrogen-bond acceptors (Lipinski definition) is 9. The Hall–Kier alpha value is -2.96. The van der Waals surface area contributed by atoms with E-state index in [1.807, 2.05) is 37.3 Å². The van der Waals surface area contributed by atoms with E-state index in [0.29, 0.717) is 39.0 Å². The normalized spacial score (nSPS) is 18.7. The molecule has 39 heavy (non-hydrogen) atoms. The second kappa shape index (κ2) is 10.9. The topological polar surface area (TPSA) is 137 Å². The van der Waals surface area contributed by atoms with E-state index in [2.05, 4.69) is 16.0 Å². The standard InChI is InChI=1S/C27H31ClN4O6S/c1-2-19(17-6-4-3-5-7-17)30-21-22(25(35)24(21)34)31-20-9-8-18(28)26(23(20)33)39(36,37)32-13-10-27(11-14-32)16-38-15-12-29-27/h3-9,19,29-31,33H,2,10-16H2,1H3. The van der Waals surface area contributed by atoms with Crippen molar-refractivity contribution in [1.82, 2.24) is 9.62 Å². The van der Waals surface area contributed by atoms with E-state index in [4.69, 9.17) is 16.3 Å². The van der Waals surface area contributed by atoms with Crippen LogP contribution in [0.3, 0.4) is 0 Å². The molecule has 0 radical (unpaired) electrons. The van der Waals surface area contributed by atoms with Crippen LogP contribution in [0.2, 0.25) is 5.02 Å². The summed E-state index contributed by atoms with van der Waals surface area (Å²) in [5.74, 6) is -0.615. The number of aromatic hydroxyl groups is 1. The Morgan fingerprint density at radius 3 is 2.44 bits per heavy atom. The molecule has 12 heteroatoms. The van der Waals surface area contributed by atoms with Crippen molar-refractivity contribution in [3.63, 3.8) is 0 Å². The monoisotopic (exact) mass is 574 g/mol. The van der Waals surface area contributed by atoms with Crippen molar-refractivity contribution >= 4 is 38.7 Å². The average Bonchev–Trinajstić information content (AvgIpc) is 2.94. The van der Waals surface area contributed by atoms with Gasteiger partial charge in [-0.05, 0) is 37.0 Å². The largest absolute Gasteiger partial charge is 0.504 e. The van der Waals surface area contributed by atoms with Crippen molar-refractivity contribution in [3.8, 4) is 5.75 Å². The van der Waals surface area contributed by atoms with Gasteiger partial charge in [-0.2, -0.15) is 4.31 Å². The molecule has 0 amide bonds. The Balaban J connectivity index is 1.39. The minimum Gasteiger partial charge on any atom is -0.504 e. The second-order valence-corrected chi connectivity index (χ2v) is 12.3. The van der Waals surface area contributed by atoms with E-state index < -0.39 is 31.5 Å². The van der Waals surface area contributed by atoms with E-state index >= 15 is 0 Å². The predicted octanol–water partition coefficient (Wildman–Crippen LogP) is 3.09. The first-order chi connectivity index (χ1) is 18.7. The van der Waals surface area contributed by atoms with Gasteiger partial charge in [0, 0.05) is 25.2 Å². The molecule has 0 bridgehead atoms. The molecular weight excluding hydrogens is 544 g/mol. The highest BCUT2D eigenvalue weighted by molar-refractivity contribution is 7.89. The number of rotatable bonds is 8. The van der Waals surface area contributed by atoms with Crippen molar-refractivity contribution in [3.05, 3.63) is 73.5 Å². The van der Waals surface area contributed by atoms with Gasteiger partial charge in [-0.15, -0.1) is 0 Å². The summed E-state index contributed by atoms with van der Waals surface area (Å²) in [5.41, 5.74) is -0.769. The SMILES string of the molecule is CCC(Nc1c(Nc2ccc(Cl)c(S(=O)(=O)N3CCC4(CC3)COCCN4)c2O)c(=O)c1=O)c1ccccc1. The summed E-state index contributed by atoms with van der Waals surface area (Å²) in [6.45, 7) is 4.27. The van der Waals surface area contributed by atoms with Crippen LogP contribution < -0.4 is 26.8 Å². The van der Waals surface area contributed by atoms with Gasteiger partial charge in [-0.25, -0.2) is 8.42 Å². The van der Waals surface area contributed by atoms with Crippen LogP contribution in [-0.2, 0) is 14.8 Å². The molecule has 2 aliphatic heterocycles. The number of piperidine rings is 1. The van der Waals surface area contributed by atoms with Gasteiger partial charge in [-0.3, -0.25) is 9.59 Å². The molecule has 0 aliphatic carbocycles. The number of phenolic OH excluding ortho intramolecular Hbond substituents is 1. The average molecular weight is 575 g/mol. The fourth-order valence-corrected chi connectivity index (χ4v) is 7.30. The highest BCUT2D eigenvalue weighted by Crippen LogP contribution is 2.41. The molecule has 2 heterocycles. The van der Waals surface area contributed by atoms with Crippen LogP contribution in [0.1, 0.15) is 37.8 Å². The number of benzene rings is 2. The summed E-state index contributed by atoms with van der Waals surface area (Å²) < 4.78 is 34.1. The Labute approximate surface area is 231 Å². The molecule has 2 saturated heterocycles.